The number of rotatable bonds is 2. The van der Waals surface area contributed by atoms with Crippen LogP contribution in [-0.4, -0.2) is 9.78 Å². The third-order valence-corrected chi connectivity index (χ3v) is 2.54. The maximum atomic E-state index is 8.45. The molecular formula is C9H7N3S. The fraction of sp³-hybridized carbons (Fsp3) is 0.111. The van der Waals surface area contributed by atoms with Crippen molar-refractivity contribution in [1.82, 2.24) is 9.78 Å². The predicted octanol–water partition coefficient (Wildman–Crippen LogP) is 2.14. The van der Waals surface area contributed by atoms with Crippen LogP contribution in [0, 0.1) is 11.3 Å². The third-order valence-electron chi connectivity index (χ3n) is 1.65. The van der Waals surface area contributed by atoms with Crippen molar-refractivity contribution in [2.24, 2.45) is 0 Å². The van der Waals surface area contributed by atoms with Gasteiger partial charge in [-0.1, -0.05) is 6.07 Å². The van der Waals surface area contributed by atoms with Crippen molar-refractivity contribution in [3.63, 3.8) is 0 Å². The molecule has 0 saturated heterocycles. The van der Waals surface area contributed by atoms with Crippen molar-refractivity contribution in [3.8, 4) is 16.6 Å². The molecule has 0 saturated carbocycles. The molecule has 64 valence electrons. The normalized spacial score (nSPS) is 9.77. The maximum absolute atomic E-state index is 8.45. The first-order chi connectivity index (χ1) is 6.40. The Morgan fingerprint density at radius 3 is 3.15 bits per heavy atom. The summed E-state index contributed by atoms with van der Waals surface area (Å²) in [5.41, 5.74) is 0.935. The Bertz CT molecular complexity index is 422. The summed E-state index contributed by atoms with van der Waals surface area (Å²) in [7, 11) is 0. The molecule has 0 aromatic carbocycles. The summed E-state index contributed by atoms with van der Waals surface area (Å²) in [5, 5.41) is 14.7. The van der Waals surface area contributed by atoms with Crippen molar-refractivity contribution in [2.75, 3.05) is 0 Å². The maximum Gasteiger partial charge on any atom is 0.128 e. The van der Waals surface area contributed by atoms with Gasteiger partial charge in [-0.05, 0) is 17.5 Å². The minimum atomic E-state index is 0.311. The summed E-state index contributed by atoms with van der Waals surface area (Å²) >= 11 is 1.65. The second-order valence-electron chi connectivity index (χ2n) is 2.53. The highest BCUT2D eigenvalue weighted by Crippen LogP contribution is 2.21. The molecule has 0 aliphatic carbocycles. The summed E-state index contributed by atoms with van der Waals surface area (Å²) < 4.78 is 1.63. The average Bonchev–Trinajstić information content (AvgIpc) is 2.70. The first kappa shape index (κ1) is 8.02. The van der Waals surface area contributed by atoms with E-state index in [9.17, 15) is 0 Å². The van der Waals surface area contributed by atoms with Crippen molar-refractivity contribution >= 4 is 11.3 Å². The van der Waals surface area contributed by atoms with Crippen LogP contribution in [0.25, 0.3) is 10.6 Å². The van der Waals surface area contributed by atoms with Gasteiger partial charge < -0.3 is 0 Å². The molecule has 3 nitrogen and oxygen atoms in total. The van der Waals surface area contributed by atoms with Crippen LogP contribution in [-0.2, 0) is 6.54 Å². The van der Waals surface area contributed by atoms with E-state index in [1.54, 1.807) is 16.0 Å². The number of nitriles is 1. The van der Waals surface area contributed by atoms with Crippen LogP contribution in [0.2, 0.25) is 0 Å². The Hall–Kier alpha value is -1.60. The summed E-state index contributed by atoms with van der Waals surface area (Å²) in [6, 6.07) is 7.97. The van der Waals surface area contributed by atoms with Crippen LogP contribution in [0.4, 0.5) is 0 Å². The molecule has 0 unspecified atom stereocenters. The lowest BCUT2D eigenvalue weighted by Gasteiger charge is -1.90. The van der Waals surface area contributed by atoms with E-state index in [0.29, 0.717) is 6.54 Å². The topological polar surface area (TPSA) is 41.6 Å². The molecule has 2 heterocycles. The van der Waals surface area contributed by atoms with Crippen molar-refractivity contribution in [2.45, 2.75) is 6.54 Å². The number of thiophene rings is 1. The van der Waals surface area contributed by atoms with Crippen LogP contribution in [0.5, 0.6) is 0 Å². The van der Waals surface area contributed by atoms with Crippen LogP contribution in [0.3, 0.4) is 0 Å². The standard InChI is InChI=1S/C9H7N3S/c10-4-6-12-5-3-8(11-12)9-2-1-7-13-9/h1-3,5,7H,6H2. The van der Waals surface area contributed by atoms with Gasteiger partial charge in [0.25, 0.3) is 0 Å². The molecule has 0 aliphatic rings. The van der Waals surface area contributed by atoms with E-state index in [2.05, 4.69) is 5.10 Å². The number of aromatic nitrogens is 2. The second kappa shape index (κ2) is 3.42. The number of nitrogens with zero attached hydrogens (tertiary/aromatic N) is 3. The van der Waals surface area contributed by atoms with E-state index in [0.717, 1.165) is 10.6 Å². The number of hydrogen-bond acceptors (Lipinski definition) is 3. The van der Waals surface area contributed by atoms with Gasteiger partial charge in [0.15, 0.2) is 0 Å². The molecule has 4 heteroatoms. The van der Waals surface area contributed by atoms with Gasteiger partial charge in [0, 0.05) is 6.20 Å². The lowest BCUT2D eigenvalue weighted by Crippen LogP contribution is -1.95. The van der Waals surface area contributed by atoms with Gasteiger partial charge >= 0.3 is 0 Å². The molecule has 0 aliphatic heterocycles. The summed E-state index contributed by atoms with van der Waals surface area (Å²) in [4.78, 5) is 1.14. The average molecular weight is 189 g/mol. The Kier molecular flexibility index (Phi) is 2.11. The van der Waals surface area contributed by atoms with E-state index in [1.165, 1.54) is 0 Å². The minimum absolute atomic E-state index is 0.311. The van der Waals surface area contributed by atoms with Crippen LogP contribution < -0.4 is 0 Å². The SMILES string of the molecule is N#CCn1ccc(-c2cccs2)n1. The lowest BCUT2D eigenvalue weighted by atomic mass is 10.3. The lowest BCUT2D eigenvalue weighted by molar-refractivity contribution is 0.713. The Morgan fingerprint density at radius 1 is 1.54 bits per heavy atom. The van der Waals surface area contributed by atoms with Crippen molar-refractivity contribution < 1.29 is 0 Å². The Labute approximate surface area is 79.9 Å². The van der Waals surface area contributed by atoms with Gasteiger partial charge in [0.05, 0.1) is 10.9 Å². The Morgan fingerprint density at radius 2 is 2.46 bits per heavy atom. The quantitative estimate of drug-likeness (QED) is 0.726. The van der Waals surface area contributed by atoms with E-state index in [1.807, 2.05) is 35.8 Å². The molecule has 0 amide bonds. The molecule has 0 bridgehead atoms. The molecule has 0 spiro atoms. The molecule has 2 aromatic heterocycles. The van der Waals surface area contributed by atoms with E-state index in [-0.39, 0.29) is 0 Å². The Balaban J connectivity index is 2.29. The molecule has 0 fully saturated rings. The minimum Gasteiger partial charge on any atom is -0.258 e. The van der Waals surface area contributed by atoms with E-state index < -0.39 is 0 Å². The van der Waals surface area contributed by atoms with Crippen LogP contribution in [0.1, 0.15) is 0 Å². The molecule has 2 rings (SSSR count). The third kappa shape index (κ3) is 1.60. The highest BCUT2D eigenvalue weighted by molar-refractivity contribution is 7.13. The summed E-state index contributed by atoms with van der Waals surface area (Å²) in [6.07, 6.45) is 1.82. The van der Waals surface area contributed by atoms with Gasteiger partial charge in [-0.25, -0.2) is 0 Å². The first-order valence-electron chi connectivity index (χ1n) is 3.84. The van der Waals surface area contributed by atoms with Gasteiger partial charge in [0.1, 0.15) is 12.2 Å². The first-order valence-corrected chi connectivity index (χ1v) is 4.72. The highest BCUT2D eigenvalue weighted by atomic mass is 32.1. The van der Waals surface area contributed by atoms with E-state index >= 15 is 0 Å². The predicted molar refractivity (Wildman–Crippen MR) is 51.2 cm³/mol. The fourth-order valence-electron chi connectivity index (χ4n) is 1.08. The molecule has 0 atom stereocenters. The molecular weight excluding hydrogens is 182 g/mol. The summed E-state index contributed by atoms with van der Waals surface area (Å²) in [6.45, 7) is 0.311. The highest BCUT2D eigenvalue weighted by Gasteiger charge is 2.01. The summed E-state index contributed by atoms with van der Waals surface area (Å²) in [5.74, 6) is 0. The monoisotopic (exact) mass is 189 g/mol. The van der Waals surface area contributed by atoms with E-state index in [4.69, 9.17) is 5.26 Å². The van der Waals surface area contributed by atoms with Crippen molar-refractivity contribution in [1.29, 1.82) is 5.26 Å². The smallest absolute Gasteiger partial charge is 0.128 e. The van der Waals surface area contributed by atoms with Crippen LogP contribution >= 0.6 is 11.3 Å². The van der Waals surface area contributed by atoms with Gasteiger partial charge in [-0.2, -0.15) is 10.4 Å². The van der Waals surface area contributed by atoms with Gasteiger partial charge in [-0.3, -0.25) is 4.68 Å². The fourth-order valence-corrected chi connectivity index (χ4v) is 1.77. The molecule has 0 radical (unpaired) electrons. The zero-order valence-corrected chi connectivity index (χ0v) is 7.66. The molecule has 2 aromatic rings. The second-order valence-corrected chi connectivity index (χ2v) is 3.48. The van der Waals surface area contributed by atoms with Gasteiger partial charge in [0.2, 0.25) is 0 Å². The zero-order valence-electron chi connectivity index (χ0n) is 6.84. The zero-order chi connectivity index (χ0) is 9.10. The van der Waals surface area contributed by atoms with Crippen molar-refractivity contribution in [3.05, 3.63) is 29.8 Å². The molecule has 0 N–H and O–H groups in total. The largest absolute Gasteiger partial charge is 0.258 e. The van der Waals surface area contributed by atoms with Crippen LogP contribution in [0.15, 0.2) is 29.8 Å². The van der Waals surface area contributed by atoms with Gasteiger partial charge in [-0.15, -0.1) is 11.3 Å². The number of hydrogen-bond donors (Lipinski definition) is 0. The molecule has 13 heavy (non-hydrogen) atoms.